The van der Waals surface area contributed by atoms with Gasteiger partial charge in [0.25, 0.3) is 11.8 Å². The van der Waals surface area contributed by atoms with E-state index < -0.39 is 5.91 Å². The van der Waals surface area contributed by atoms with Crippen LogP contribution in [-0.4, -0.2) is 84.1 Å². The Morgan fingerprint density at radius 3 is 2.74 bits per heavy atom. The first kappa shape index (κ1) is 25.6. The van der Waals surface area contributed by atoms with Gasteiger partial charge in [0.05, 0.1) is 17.9 Å². The second kappa shape index (κ2) is 11.9. The number of ether oxygens (including phenoxy) is 2. The zero-order valence-electron chi connectivity index (χ0n) is 20.7. The normalized spacial score (nSPS) is 22.2. The molecule has 34 heavy (non-hydrogen) atoms. The number of carbonyl (C=O) groups excluding carboxylic acids is 2. The van der Waals surface area contributed by atoms with Crippen LogP contribution in [0.15, 0.2) is 36.8 Å². The minimum atomic E-state index is -0.403. The number of nitrogens with zero attached hydrogens (tertiary/aromatic N) is 4. The van der Waals surface area contributed by atoms with E-state index in [0.717, 1.165) is 19.5 Å². The van der Waals surface area contributed by atoms with Gasteiger partial charge in [-0.25, -0.2) is 4.98 Å². The molecule has 0 unspecified atom stereocenters. The van der Waals surface area contributed by atoms with Gasteiger partial charge in [-0.1, -0.05) is 13.8 Å². The number of rotatable bonds is 5. The van der Waals surface area contributed by atoms with Crippen molar-refractivity contribution >= 4 is 17.5 Å². The van der Waals surface area contributed by atoms with Crippen LogP contribution in [0.3, 0.4) is 0 Å². The number of carbonyl (C=O) groups is 2. The molecule has 0 bridgehead atoms. The largest absolute Gasteiger partial charge is 0.491 e. The number of likely N-dealkylation sites (N-methyl/N-ethyl adjacent to an activating group) is 1. The van der Waals surface area contributed by atoms with Crippen LogP contribution in [0.2, 0.25) is 0 Å². The highest BCUT2D eigenvalue weighted by Gasteiger charge is 2.28. The predicted octanol–water partition coefficient (Wildman–Crippen LogP) is 2.94. The quantitative estimate of drug-likeness (QED) is 0.719. The third-order valence-electron chi connectivity index (χ3n) is 6.14. The van der Waals surface area contributed by atoms with Gasteiger partial charge < -0.3 is 19.7 Å². The van der Waals surface area contributed by atoms with Crippen molar-refractivity contribution in [3.05, 3.63) is 48.0 Å². The Labute approximate surface area is 201 Å². The average molecular weight is 470 g/mol. The smallest absolute Gasteiger partial charge is 0.275 e. The van der Waals surface area contributed by atoms with E-state index >= 15 is 0 Å². The fourth-order valence-corrected chi connectivity index (χ4v) is 4.14. The molecule has 1 aliphatic heterocycles. The number of benzene rings is 1. The maximum atomic E-state index is 13.4. The molecule has 184 valence electrons. The Kier molecular flexibility index (Phi) is 8.95. The summed E-state index contributed by atoms with van der Waals surface area (Å²) >= 11 is 0. The molecular weight excluding hydrogens is 434 g/mol. The summed E-state index contributed by atoms with van der Waals surface area (Å²) in [5.74, 6) is 0.115. The summed E-state index contributed by atoms with van der Waals surface area (Å²) in [4.78, 5) is 38.0. The van der Waals surface area contributed by atoms with Gasteiger partial charge in [-0.2, -0.15) is 0 Å². The van der Waals surface area contributed by atoms with E-state index in [1.54, 1.807) is 37.3 Å². The average Bonchev–Trinajstić information content (AvgIpc) is 2.85. The van der Waals surface area contributed by atoms with E-state index in [4.69, 9.17) is 9.47 Å². The minimum Gasteiger partial charge on any atom is -0.491 e. The van der Waals surface area contributed by atoms with Gasteiger partial charge >= 0.3 is 0 Å². The van der Waals surface area contributed by atoms with Crippen molar-refractivity contribution in [1.82, 2.24) is 19.8 Å². The predicted molar refractivity (Wildman–Crippen MR) is 130 cm³/mol. The maximum Gasteiger partial charge on any atom is 0.275 e. The van der Waals surface area contributed by atoms with Crippen molar-refractivity contribution in [3.63, 3.8) is 0 Å². The highest BCUT2D eigenvalue weighted by atomic mass is 16.5. The first-order valence-corrected chi connectivity index (χ1v) is 11.7. The maximum absolute atomic E-state index is 13.4. The zero-order chi connectivity index (χ0) is 24.7. The second-order valence-electron chi connectivity index (χ2n) is 8.85. The Morgan fingerprint density at radius 2 is 2.06 bits per heavy atom. The molecule has 1 N–H and O–H groups in total. The Bertz CT molecular complexity index is 971. The number of anilines is 1. The van der Waals surface area contributed by atoms with Crippen LogP contribution in [0, 0.1) is 5.92 Å². The van der Waals surface area contributed by atoms with Gasteiger partial charge in [0.15, 0.2) is 0 Å². The first-order chi connectivity index (χ1) is 16.3. The van der Waals surface area contributed by atoms with Crippen molar-refractivity contribution in [3.8, 4) is 5.75 Å². The Hall–Kier alpha value is -3.04. The van der Waals surface area contributed by atoms with Crippen LogP contribution in [0.5, 0.6) is 5.75 Å². The van der Waals surface area contributed by atoms with Gasteiger partial charge in [0.2, 0.25) is 0 Å². The van der Waals surface area contributed by atoms with Gasteiger partial charge in [-0.05, 0) is 44.0 Å². The molecule has 2 heterocycles. The van der Waals surface area contributed by atoms with Crippen LogP contribution in [0.25, 0.3) is 0 Å². The fourth-order valence-electron chi connectivity index (χ4n) is 4.14. The lowest BCUT2D eigenvalue weighted by Crippen LogP contribution is -2.46. The van der Waals surface area contributed by atoms with Crippen molar-refractivity contribution in [2.45, 2.75) is 39.3 Å². The number of methoxy groups -OCH3 is 1. The van der Waals surface area contributed by atoms with Crippen LogP contribution in [-0.2, 0) is 4.74 Å². The topological polar surface area (TPSA) is 96.9 Å². The highest BCUT2D eigenvalue weighted by molar-refractivity contribution is 6.04. The number of nitrogens with one attached hydrogen (secondary N) is 1. The van der Waals surface area contributed by atoms with E-state index in [-0.39, 0.29) is 29.7 Å². The molecule has 0 saturated carbocycles. The van der Waals surface area contributed by atoms with Gasteiger partial charge in [-0.3, -0.25) is 19.5 Å². The molecule has 2 amide bonds. The lowest BCUT2D eigenvalue weighted by atomic mass is 10.0. The summed E-state index contributed by atoms with van der Waals surface area (Å²) < 4.78 is 11.9. The monoisotopic (exact) mass is 469 g/mol. The van der Waals surface area contributed by atoms with Gasteiger partial charge in [-0.15, -0.1) is 0 Å². The zero-order valence-corrected chi connectivity index (χ0v) is 20.7. The molecule has 3 atom stereocenters. The third-order valence-corrected chi connectivity index (χ3v) is 6.14. The molecule has 3 rings (SSSR count). The molecular formula is C25H35N5O4. The van der Waals surface area contributed by atoms with Crippen molar-refractivity contribution in [2.24, 2.45) is 5.92 Å². The SMILES string of the molecule is CCCN1C[C@@H](C)[C@@H](OC)CN(C)C(=O)c2cc(NC(=O)c3cnccn3)ccc2OC[C@@H]1C. The Balaban J connectivity index is 1.91. The van der Waals surface area contributed by atoms with Gasteiger partial charge in [0, 0.05) is 51.4 Å². The van der Waals surface area contributed by atoms with Crippen molar-refractivity contribution < 1.29 is 19.1 Å². The van der Waals surface area contributed by atoms with Crippen LogP contribution >= 0.6 is 0 Å². The van der Waals surface area contributed by atoms with E-state index in [1.807, 2.05) is 0 Å². The molecule has 0 aliphatic carbocycles. The van der Waals surface area contributed by atoms with Gasteiger partial charge in [0.1, 0.15) is 18.1 Å². The molecule has 0 spiro atoms. The second-order valence-corrected chi connectivity index (χ2v) is 8.85. The van der Waals surface area contributed by atoms with E-state index in [2.05, 4.69) is 41.0 Å². The summed E-state index contributed by atoms with van der Waals surface area (Å²) in [6.07, 6.45) is 5.28. The Morgan fingerprint density at radius 1 is 1.26 bits per heavy atom. The molecule has 0 fully saturated rings. The standard InChI is InChI=1S/C25H35N5O4/c1-6-11-30-14-17(2)23(33-5)15-29(4)25(32)20-12-19(7-8-22(20)34-16-18(30)3)28-24(31)21-13-26-9-10-27-21/h7-10,12-13,17-18,23H,6,11,14-16H2,1-5H3,(H,28,31)/t17-,18+,23+/m1/s1. The molecule has 0 saturated heterocycles. The van der Waals surface area contributed by atoms with Crippen LogP contribution < -0.4 is 10.1 Å². The molecule has 9 nitrogen and oxygen atoms in total. The molecule has 1 aromatic carbocycles. The number of aromatic nitrogens is 2. The molecule has 2 aromatic rings. The minimum absolute atomic E-state index is 0.108. The lowest BCUT2D eigenvalue weighted by molar-refractivity contribution is 0.0108. The number of amides is 2. The molecule has 1 aliphatic rings. The highest BCUT2D eigenvalue weighted by Crippen LogP contribution is 2.26. The number of hydrogen-bond donors (Lipinski definition) is 1. The first-order valence-electron chi connectivity index (χ1n) is 11.7. The van der Waals surface area contributed by atoms with Crippen molar-refractivity contribution in [1.29, 1.82) is 0 Å². The van der Waals surface area contributed by atoms with E-state index in [0.29, 0.717) is 30.2 Å². The number of hydrogen-bond acceptors (Lipinski definition) is 7. The van der Waals surface area contributed by atoms with Crippen molar-refractivity contribution in [2.75, 3.05) is 45.7 Å². The van der Waals surface area contributed by atoms with Crippen LogP contribution in [0.1, 0.15) is 48.0 Å². The van der Waals surface area contributed by atoms with Crippen LogP contribution in [0.4, 0.5) is 5.69 Å². The van der Waals surface area contributed by atoms with E-state index in [9.17, 15) is 9.59 Å². The third kappa shape index (κ3) is 6.30. The molecule has 0 radical (unpaired) electrons. The summed E-state index contributed by atoms with van der Waals surface area (Å²) in [6, 6.07) is 5.26. The number of fused-ring (bicyclic) bond motifs is 1. The molecule has 1 aromatic heterocycles. The lowest BCUT2D eigenvalue weighted by Gasteiger charge is -2.35. The fraction of sp³-hybridized carbons (Fsp3) is 0.520. The summed E-state index contributed by atoms with van der Waals surface area (Å²) in [5, 5.41) is 2.79. The summed E-state index contributed by atoms with van der Waals surface area (Å²) in [5.41, 5.74) is 1.05. The van der Waals surface area contributed by atoms with E-state index in [1.165, 1.54) is 18.6 Å². The summed E-state index contributed by atoms with van der Waals surface area (Å²) in [7, 11) is 3.45. The summed E-state index contributed by atoms with van der Waals surface area (Å²) in [6.45, 7) is 9.17. The molecule has 9 heteroatoms.